The second kappa shape index (κ2) is 13.8. The van der Waals surface area contributed by atoms with Crippen LogP contribution in [0.2, 0.25) is 0 Å². The average Bonchev–Trinajstić information content (AvgIpc) is 3.48. The number of hydrogen-bond donors (Lipinski definition) is 2. The van der Waals surface area contributed by atoms with Crippen LogP contribution in [-0.4, -0.2) is 27.6 Å². The summed E-state index contributed by atoms with van der Waals surface area (Å²) < 4.78 is 5.77. The lowest BCUT2D eigenvalue weighted by Gasteiger charge is -2.06. The van der Waals surface area contributed by atoms with E-state index in [0.717, 1.165) is 59.9 Å². The third-order valence-corrected chi connectivity index (χ3v) is 8.09. The van der Waals surface area contributed by atoms with Gasteiger partial charge in [-0.25, -0.2) is 18.7 Å². The van der Waals surface area contributed by atoms with Gasteiger partial charge in [0.05, 0.1) is 45.9 Å². The zero-order valence-electron chi connectivity index (χ0n) is 21.4. The molecule has 2 aromatic heterocycles. The average molecular weight is 536 g/mol. The van der Waals surface area contributed by atoms with Crippen molar-refractivity contribution < 1.29 is 9.13 Å². The molecule has 11 heteroatoms. The summed E-state index contributed by atoms with van der Waals surface area (Å²) in [6, 6.07) is 16.4. The standard InChI is InChI=1S/C26H31N9S2/c1-33-16-14-28-25(33)31-29-23-8-6-21(7-9-23)5-4-19-36-37-20-15-27-22-10-12-24(13-11-22)30-32-26-34(2)17-18-35(26)3/h6-14,16-18H,4-5,15,19-20H2,1-3H3/p+2. The maximum absolute atomic E-state index is 4.33. The van der Waals surface area contributed by atoms with Crippen molar-refractivity contribution in [3.05, 3.63) is 78.9 Å². The first-order valence-electron chi connectivity index (χ1n) is 12.1. The molecule has 0 aliphatic rings. The van der Waals surface area contributed by atoms with Crippen LogP contribution >= 0.6 is 21.6 Å². The predicted molar refractivity (Wildman–Crippen MR) is 152 cm³/mol. The van der Waals surface area contributed by atoms with Crippen molar-refractivity contribution in [1.82, 2.24) is 9.55 Å². The molecule has 0 saturated heterocycles. The van der Waals surface area contributed by atoms with Crippen LogP contribution in [0, 0.1) is 0 Å². The highest BCUT2D eigenvalue weighted by atomic mass is 33.1. The summed E-state index contributed by atoms with van der Waals surface area (Å²) in [6.45, 7) is 0.925. The van der Waals surface area contributed by atoms with Gasteiger partial charge in [-0.05, 0) is 54.8 Å². The second-order valence-electron chi connectivity index (χ2n) is 8.50. The Hall–Kier alpha value is -3.44. The van der Waals surface area contributed by atoms with E-state index in [1.165, 1.54) is 5.56 Å². The van der Waals surface area contributed by atoms with E-state index in [4.69, 9.17) is 0 Å². The fourth-order valence-corrected chi connectivity index (χ4v) is 5.49. The molecule has 4 rings (SSSR count). The molecule has 4 aromatic rings. The summed E-state index contributed by atoms with van der Waals surface area (Å²) in [5.74, 6) is 3.71. The molecule has 0 atom stereocenters. The van der Waals surface area contributed by atoms with Crippen molar-refractivity contribution >= 4 is 50.5 Å². The van der Waals surface area contributed by atoms with E-state index in [1.54, 1.807) is 0 Å². The number of aromatic nitrogens is 4. The molecule has 0 aliphatic carbocycles. The number of aryl methyl sites for hydroxylation is 4. The Morgan fingerprint density at radius 2 is 1.54 bits per heavy atom. The molecule has 0 unspecified atom stereocenters. The third kappa shape index (κ3) is 8.29. The molecule has 0 bridgehead atoms. The summed E-state index contributed by atoms with van der Waals surface area (Å²) in [5.41, 5.74) is 4.12. The van der Waals surface area contributed by atoms with Gasteiger partial charge in [0.25, 0.3) is 0 Å². The zero-order valence-corrected chi connectivity index (χ0v) is 23.0. The van der Waals surface area contributed by atoms with E-state index in [9.17, 15) is 0 Å². The highest BCUT2D eigenvalue weighted by molar-refractivity contribution is 8.76. The number of anilines is 1. The molecule has 0 spiro atoms. The number of benzene rings is 2. The van der Waals surface area contributed by atoms with Gasteiger partial charge in [0, 0.05) is 34.0 Å². The van der Waals surface area contributed by atoms with Gasteiger partial charge in [-0.15, -0.1) is 0 Å². The van der Waals surface area contributed by atoms with Crippen molar-refractivity contribution in [2.75, 3.05) is 23.4 Å². The quantitative estimate of drug-likeness (QED) is 0.0916. The molecule has 2 heterocycles. The number of aromatic amines is 1. The first-order valence-corrected chi connectivity index (χ1v) is 14.6. The Morgan fingerprint density at radius 3 is 2.22 bits per heavy atom. The lowest BCUT2D eigenvalue weighted by atomic mass is 10.1. The van der Waals surface area contributed by atoms with Crippen LogP contribution in [-0.2, 0) is 27.6 Å². The maximum atomic E-state index is 4.33. The normalized spacial score (nSPS) is 11.6. The van der Waals surface area contributed by atoms with Crippen molar-refractivity contribution in [2.24, 2.45) is 41.6 Å². The molecule has 0 radical (unpaired) electrons. The van der Waals surface area contributed by atoms with E-state index in [1.807, 2.05) is 118 Å². The second-order valence-corrected chi connectivity index (χ2v) is 11.2. The lowest BCUT2D eigenvalue weighted by Crippen LogP contribution is -2.25. The van der Waals surface area contributed by atoms with E-state index in [2.05, 4.69) is 42.9 Å². The number of nitrogens with one attached hydrogen (secondary N) is 2. The molecule has 0 aliphatic heterocycles. The van der Waals surface area contributed by atoms with Gasteiger partial charge >= 0.3 is 11.9 Å². The van der Waals surface area contributed by atoms with Crippen molar-refractivity contribution in [3.8, 4) is 0 Å². The van der Waals surface area contributed by atoms with E-state index in [-0.39, 0.29) is 0 Å². The van der Waals surface area contributed by atoms with E-state index < -0.39 is 0 Å². The Morgan fingerprint density at radius 1 is 0.838 bits per heavy atom. The fourth-order valence-electron chi connectivity index (χ4n) is 3.49. The summed E-state index contributed by atoms with van der Waals surface area (Å²) in [5, 5.41) is 20.7. The molecule has 192 valence electrons. The van der Waals surface area contributed by atoms with Gasteiger partial charge in [-0.3, -0.25) is 0 Å². The molecule has 2 aromatic carbocycles. The molecule has 9 nitrogen and oxygen atoms in total. The minimum Gasteiger partial charge on any atom is -0.384 e. The van der Waals surface area contributed by atoms with E-state index >= 15 is 0 Å². The maximum Gasteiger partial charge on any atom is 0.421 e. The Labute approximate surface area is 225 Å². The summed E-state index contributed by atoms with van der Waals surface area (Å²) >= 11 is 0. The minimum absolute atomic E-state index is 0.725. The Bertz CT molecular complexity index is 1290. The van der Waals surface area contributed by atoms with Gasteiger partial charge < -0.3 is 5.32 Å². The number of hydrogen-bond acceptors (Lipinski definition) is 7. The Balaban J connectivity index is 1.07. The van der Waals surface area contributed by atoms with Crippen molar-refractivity contribution in [2.45, 2.75) is 12.8 Å². The van der Waals surface area contributed by atoms with Gasteiger partial charge in [0.1, 0.15) is 11.4 Å². The highest BCUT2D eigenvalue weighted by Gasteiger charge is 2.10. The first kappa shape index (κ1) is 26.6. The lowest BCUT2D eigenvalue weighted by molar-refractivity contribution is -0.657. The molecule has 0 fully saturated rings. The van der Waals surface area contributed by atoms with Crippen LogP contribution in [0.1, 0.15) is 12.0 Å². The number of H-pyrrole nitrogens is 1. The number of imidazole rings is 2. The summed E-state index contributed by atoms with van der Waals surface area (Å²) in [7, 11) is 9.69. The number of rotatable bonds is 13. The third-order valence-electron chi connectivity index (χ3n) is 5.60. The summed E-state index contributed by atoms with van der Waals surface area (Å²) in [4.78, 5) is 3.05. The molecular formula is C26H33N9S2+2. The monoisotopic (exact) mass is 535 g/mol. The molecular weight excluding hydrogens is 502 g/mol. The smallest absolute Gasteiger partial charge is 0.384 e. The van der Waals surface area contributed by atoms with Crippen LogP contribution in [0.3, 0.4) is 0 Å². The topological polar surface area (TPSA) is 89.9 Å². The molecule has 37 heavy (non-hydrogen) atoms. The molecule has 0 saturated carbocycles. The number of azo groups is 2. The highest BCUT2D eigenvalue weighted by Crippen LogP contribution is 2.24. The van der Waals surface area contributed by atoms with Crippen LogP contribution in [0.4, 0.5) is 29.0 Å². The van der Waals surface area contributed by atoms with Gasteiger partial charge in [-0.1, -0.05) is 43.9 Å². The van der Waals surface area contributed by atoms with Crippen LogP contribution < -0.4 is 14.5 Å². The first-order chi connectivity index (χ1) is 18.1. The van der Waals surface area contributed by atoms with Crippen LogP contribution in [0.25, 0.3) is 0 Å². The van der Waals surface area contributed by atoms with Gasteiger partial charge in [-0.2, -0.15) is 0 Å². The molecule has 0 amide bonds. The minimum atomic E-state index is 0.725. The fraction of sp³-hybridized carbons (Fsp3) is 0.308. The van der Waals surface area contributed by atoms with Crippen LogP contribution in [0.15, 0.2) is 93.8 Å². The van der Waals surface area contributed by atoms with Gasteiger partial charge in [0.15, 0.2) is 0 Å². The number of nitrogens with zero attached hydrogens (tertiary/aromatic N) is 7. The SMILES string of the molecule is Cn1cc[n+](C)c1N=Nc1ccc(NCCSSCCCc2ccc(N=Nc3[nH]cc[n+]3C)cc2)cc1. The van der Waals surface area contributed by atoms with Crippen molar-refractivity contribution in [3.63, 3.8) is 0 Å². The Kier molecular flexibility index (Phi) is 9.89. The summed E-state index contributed by atoms with van der Waals surface area (Å²) in [6.07, 6.45) is 9.88. The predicted octanol–water partition coefficient (Wildman–Crippen LogP) is 6.26. The van der Waals surface area contributed by atoms with Crippen LogP contribution in [0.5, 0.6) is 0 Å². The van der Waals surface area contributed by atoms with Crippen molar-refractivity contribution in [1.29, 1.82) is 0 Å². The largest absolute Gasteiger partial charge is 0.421 e. The molecule has 2 N–H and O–H groups in total. The van der Waals surface area contributed by atoms with Gasteiger partial charge in [0.2, 0.25) is 0 Å². The van der Waals surface area contributed by atoms with E-state index in [0.29, 0.717) is 0 Å². The zero-order chi connectivity index (χ0) is 25.9.